The van der Waals surface area contributed by atoms with Crippen molar-refractivity contribution in [3.8, 4) is 0 Å². The van der Waals surface area contributed by atoms with Gasteiger partial charge in [-0.3, -0.25) is 0 Å². The van der Waals surface area contributed by atoms with E-state index in [-0.39, 0.29) is 0 Å². The van der Waals surface area contributed by atoms with E-state index in [0.717, 1.165) is 34.8 Å². The maximum absolute atomic E-state index is 5.63. The number of aromatic nitrogens is 2. The van der Waals surface area contributed by atoms with Gasteiger partial charge in [-0.1, -0.05) is 6.92 Å². The van der Waals surface area contributed by atoms with Gasteiger partial charge in [0.25, 0.3) is 0 Å². The summed E-state index contributed by atoms with van der Waals surface area (Å²) in [7, 11) is 1.72. The lowest BCUT2D eigenvalue weighted by atomic mass is 10.0. The predicted molar refractivity (Wildman–Crippen MR) is 80.5 cm³/mol. The molecule has 1 saturated carbocycles. The quantitative estimate of drug-likeness (QED) is 0.862. The Morgan fingerprint density at radius 3 is 2.53 bits per heavy atom. The van der Waals surface area contributed by atoms with Gasteiger partial charge in [-0.25, -0.2) is 9.97 Å². The first-order valence-corrected chi connectivity index (χ1v) is 7.72. The Kier molecular flexibility index (Phi) is 4.46. The summed E-state index contributed by atoms with van der Waals surface area (Å²) in [6.07, 6.45) is 3.29. The average molecular weight is 328 g/mol. The zero-order valence-electron chi connectivity index (χ0n) is 12.1. The highest BCUT2D eigenvalue weighted by atomic mass is 79.9. The molecule has 1 atom stereocenters. The molecule has 0 radical (unpaired) electrons. The third kappa shape index (κ3) is 2.92. The SMILES string of the molecule is CCNc1nc(C(C)(CC)OC)nc(C2CC2)c1Br. The van der Waals surface area contributed by atoms with Crippen LogP contribution in [0.25, 0.3) is 0 Å². The zero-order valence-corrected chi connectivity index (χ0v) is 13.7. The Labute approximate surface area is 123 Å². The van der Waals surface area contributed by atoms with Crippen LogP contribution in [0.5, 0.6) is 0 Å². The number of halogens is 1. The van der Waals surface area contributed by atoms with Crippen LogP contribution in [0.2, 0.25) is 0 Å². The first-order valence-electron chi connectivity index (χ1n) is 6.92. The number of rotatable bonds is 6. The van der Waals surface area contributed by atoms with Crippen LogP contribution in [0, 0.1) is 0 Å². The van der Waals surface area contributed by atoms with Gasteiger partial charge in [0.05, 0.1) is 10.2 Å². The third-order valence-corrected chi connectivity index (χ3v) is 4.57. The van der Waals surface area contributed by atoms with Crippen LogP contribution in [0.15, 0.2) is 4.47 Å². The molecule has 1 aromatic rings. The van der Waals surface area contributed by atoms with Gasteiger partial charge in [-0.05, 0) is 49.0 Å². The van der Waals surface area contributed by atoms with E-state index in [4.69, 9.17) is 9.72 Å². The summed E-state index contributed by atoms with van der Waals surface area (Å²) in [5.41, 5.74) is 0.701. The predicted octanol–water partition coefficient (Wildman–Crippen LogP) is 3.82. The van der Waals surface area contributed by atoms with Crippen molar-refractivity contribution in [3.05, 3.63) is 16.0 Å². The number of methoxy groups -OCH3 is 1. The van der Waals surface area contributed by atoms with Crippen LogP contribution >= 0.6 is 15.9 Å². The Hall–Kier alpha value is -0.680. The van der Waals surface area contributed by atoms with Crippen molar-refractivity contribution in [2.45, 2.75) is 51.6 Å². The van der Waals surface area contributed by atoms with Gasteiger partial charge in [-0.2, -0.15) is 0 Å². The van der Waals surface area contributed by atoms with Gasteiger partial charge in [0.1, 0.15) is 11.4 Å². The van der Waals surface area contributed by atoms with Gasteiger partial charge in [0, 0.05) is 19.6 Å². The van der Waals surface area contributed by atoms with Crippen LogP contribution in [-0.2, 0) is 10.3 Å². The molecule has 0 aromatic carbocycles. The first kappa shape index (κ1) is 14.7. The van der Waals surface area contributed by atoms with Gasteiger partial charge in [0.15, 0.2) is 5.82 Å². The van der Waals surface area contributed by atoms with Crippen LogP contribution in [0.4, 0.5) is 5.82 Å². The van der Waals surface area contributed by atoms with Crippen molar-refractivity contribution in [1.29, 1.82) is 0 Å². The van der Waals surface area contributed by atoms with Crippen molar-refractivity contribution < 1.29 is 4.74 Å². The maximum atomic E-state index is 5.63. The molecule has 0 aliphatic heterocycles. The van der Waals surface area contributed by atoms with E-state index in [1.54, 1.807) is 7.11 Å². The van der Waals surface area contributed by atoms with Crippen LogP contribution in [0.3, 0.4) is 0 Å². The van der Waals surface area contributed by atoms with Crippen molar-refractivity contribution in [1.82, 2.24) is 9.97 Å². The smallest absolute Gasteiger partial charge is 0.162 e. The molecule has 1 unspecified atom stereocenters. The lowest BCUT2D eigenvalue weighted by molar-refractivity contribution is -0.00906. The molecule has 2 rings (SSSR count). The summed E-state index contributed by atoms with van der Waals surface area (Å²) < 4.78 is 6.64. The van der Waals surface area contributed by atoms with Gasteiger partial charge < -0.3 is 10.1 Å². The fourth-order valence-corrected chi connectivity index (χ4v) is 2.65. The summed E-state index contributed by atoms with van der Waals surface area (Å²) in [5.74, 6) is 2.23. The Morgan fingerprint density at radius 2 is 2.05 bits per heavy atom. The minimum atomic E-state index is -0.422. The van der Waals surface area contributed by atoms with E-state index in [9.17, 15) is 0 Å². The minimum Gasteiger partial charge on any atom is -0.371 e. The minimum absolute atomic E-state index is 0.422. The number of anilines is 1. The van der Waals surface area contributed by atoms with Crippen LogP contribution in [-0.4, -0.2) is 23.6 Å². The first-order chi connectivity index (χ1) is 9.05. The van der Waals surface area contributed by atoms with Crippen molar-refractivity contribution in [3.63, 3.8) is 0 Å². The standard InChI is InChI=1S/C14H22BrN3O/c1-5-14(3,19-4)13-17-11(9-7-8-9)10(15)12(18-13)16-6-2/h9H,5-8H2,1-4H3,(H,16,17,18). The lowest BCUT2D eigenvalue weighted by Gasteiger charge is -2.26. The van der Waals surface area contributed by atoms with Crippen molar-refractivity contribution in [2.75, 3.05) is 19.0 Å². The Balaban J connectivity index is 2.49. The van der Waals surface area contributed by atoms with Gasteiger partial charge >= 0.3 is 0 Å². The fourth-order valence-electron chi connectivity index (χ4n) is 2.01. The third-order valence-electron chi connectivity index (χ3n) is 3.78. The van der Waals surface area contributed by atoms with Crippen LogP contribution in [0.1, 0.15) is 57.5 Å². The number of nitrogens with one attached hydrogen (secondary N) is 1. The van der Waals surface area contributed by atoms with Crippen molar-refractivity contribution in [2.24, 2.45) is 0 Å². The Bertz CT molecular complexity index is 456. The van der Waals surface area contributed by atoms with E-state index in [0.29, 0.717) is 5.92 Å². The van der Waals surface area contributed by atoms with E-state index in [2.05, 4.69) is 40.1 Å². The molecule has 1 N–H and O–H groups in total. The molecule has 0 amide bonds. The summed E-state index contributed by atoms with van der Waals surface area (Å²) in [4.78, 5) is 9.42. The molecule has 1 heterocycles. The molecule has 1 aliphatic carbocycles. The zero-order chi connectivity index (χ0) is 14.0. The second-order valence-electron chi connectivity index (χ2n) is 5.19. The van der Waals surface area contributed by atoms with Crippen LogP contribution < -0.4 is 5.32 Å². The highest BCUT2D eigenvalue weighted by Gasteiger charge is 2.34. The highest BCUT2D eigenvalue weighted by Crippen LogP contribution is 2.44. The summed E-state index contributed by atoms with van der Waals surface area (Å²) >= 11 is 3.64. The second-order valence-corrected chi connectivity index (χ2v) is 5.98. The molecular formula is C14H22BrN3O. The molecule has 1 fully saturated rings. The molecule has 19 heavy (non-hydrogen) atoms. The Morgan fingerprint density at radius 1 is 1.37 bits per heavy atom. The number of hydrogen-bond donors (Lipinski definition) is 1. The van der Waals surface area contributed by atoms with Gasteiger partial charge in [-0.15, -0.1) is 0 Å². The van der Waals surface area contributed by atoms with E-state index < -0.39 is 5.60 Å². The van der Waals surface area contributed by atoms with E-state index in [1.165, 1.54) is 12.8 Å². The van der Waals surface area contributed by atoms with E-state index >= 15 is 0 Å². The summed E-state index contributed by atoms with van der Waals surface area (Å²) in [6.45, 7) is 7.05. The molecule has 5 heteroatoms. The molecular weight excluding hydrogens is 306 g/mol. The topological polar surface area (TPSA) is 47.0 Å². The molecule has 106 valence electrons. The number of nitrogens with zero attached hydrogens (tertiary/aromatic N) is 2. The summed E-state index contributed by atoms with van der Waals surface area (Å²) in [5, 5.41) is 3.31. The molecule has 0 saturated heterocycles. The molecule has 0 spiro atoms. The maximum Gasteiger partial charge on any atom is 0.162 e. The monoisotopic (exact) mass is 327 g/mol. The second kappa shape index (κ2) is 5.75. The largest absolute Gasteiger partial charge is 0.371 e. The molecule has 1 aromatic heterocycles. The number of ether oxygens (including phenoxy) is 1. The van der Waals surface area contributed by atoms with E-state index in [1.807, 2.05) is 6.92 Å². The lowest BCUT2D eigenvalue weighted by Crippen LogP contribution is -2.27. The molecule has 1 aliphatic rings. The van der Waals surface area contributed by atoms with Gasteiger partial charge in [0.2, 0.25) is 0 Å². The van der Waals surface area contributed by atoms with Crippen molar-refractivity contribution >= 4 is 21.7 Å². The fraction of sp³-hybridized carbons (Fsp3) is 0.714. The highest BCUT2D eigenvalue weighted by molar-refractivity contribution is 9.10. The average Bonchev–Trinajstić information content (AvgIpc) is 3.24. The molecule has 4 nitrogen and oxygen atoms in total. The summed E-state index contributed by atoms with van der Waals surface area (Å²) in [6, 6.07) is 0. The molecule has 0 bridgehead atoms. The normalized spacial score (nSPS) is 18.2. The number of hydrogen-bond acceptors (Lipinski definition) is 4.